The molecule has 3 rings (SSSR count). The number of aromatic nitrogens is 2. The van der Waals surface area contributed by atoms with Gasteiger partial charge in [-0.15, -0.1) is 5.10 Å². The van der Waals surface area contributed by atoms with Crippen molar-refractivity contribution in [3.63, 3.8) is 0 Å². The van der Waals surface area contributed by atoms with Gasteiger partial charge in [0.15, 0.2) is 11.5 Å². The van der Waals surface area contributed by atoms with Crippen molar-refractivity contribution in [1.82, 2.24) is 20.4 Å². The summed E-state index contributed by atoms with van der Waals surface area (Å²) < 4.78 is 51.6. The Morgan fingerprint density at radius 1 is 1.25 bits per heavy atom. The number of alkyl halides is 3. The van der Waals surface area contributed by atoms with E-state index in [0.29, 0.717) is 31.6 Å². The van der Waals surface area contributed by atoms with Gasteiger partial charge in [-0.3, -0.25) is 9.59 Å². The zero-order valence-electron chi connectivity index (χ0n) is 20.3. The van der Waals surface area contributed by atoms with E-state index in [-0.39, 0.29) is 29.9 Å². The number of halogens is 3. The molecule has 1 aliphatic heterocycles. The topological polar surface area (TPSA) is 94.5 Å². The predicted octanol–water partition coefficient (Wildman–Crippen LogP) is 3.98. The van der Waals surface area contributed by atoms with Crippen molar-refractivity contribution >= 4 is 17.4 Å². The van der Waals surface area contributed by atoms with Gasteiger partial charge in [0.2, 0.25) is 5.88 Å². The third-order valence-electron chi connectivity index (χ3n) is 5.69. The Morgan fingerprint density at radius 2 is 2.06 bits per heavy atom. The van der Waals surface area contributed by atoms with Gasteiger partial charge >= 0.3 is 6.18 Å². The molecular formula is C25H31F3N4O4. The molecule has 2 unspecified atom stereocenters. The minimum absolute atomic E-state index is 0.0496. The minimum Gasteiger partial charge on any atom is -0.477 e. The summed E-state index contributed by atoms with van der Waals surface area (Å²) in [6.07, 6.45) is 6.30. The first-order chi connectivity index (χ1) is 17.2. The predicted molar refractivity (Wildman–Crippen MR) is 128 cm³/mol. The van der Waals surface area contributed by atoms with Crippen LogP contribution in [-0.2, 0) is 20.5 Å². The molecule has 1 aromatic heterocycles. The number of ether oxygens (including phenoxy) is 2. The largest absolute Gasteiger partial charge is 0.477 e. The van der Waals surface area contributed by atoms with E-state index >= 15 is 0 Å². The maximum absolute atomic E-state index is 13.4. The van der Waals surface area contributed by atoms with Crippen molar-refractivity contribution in [2.45, 2.75) is 51.9 Å². The molecule has 2 heterocycles. The average Bonchev–Trinajstić information content (AvgIpc) is 3.29. The van der Waals surface area contributed by atoms with Crippen molar-refractivity contribution < 1.29 is 32.2 Å². The molecule has 2 atom stereocenters. The Kier molecular flexibility index (Phi) is 9.51. The van der Waals surface area contributed by atoms with Gasteiger partial charge < -0.3 is 20.1 Å². The maximum atomic E-state index is 13.4. The molecular weight excluding hydrogens is 477 g/mol. The number of carbonyl (C=O) groups is 2. The summed E-state index contributed by atoms with van der Waals surface area (Å²) in [5, 5.41) is 9.50. The van der Waals surface area contributed by atoms with Crippen LogP contribution in [0.1, 0.15) is 45.2 Å². The molecule has 0 radical (unpaired) electrons. The van der Waals surface area contributed by atoms with Crippen LogP contribution < -0.4 is 15.4 Å². The number of rotatable bonds is 9. The van der Waals surface area contributed by atoms with Crippen molar-refractivity contribution in [1.29, 1.82) is 0 Å². The average molecular weight is 509 g/mol. The second-order valence-corrected chi connectivity index (χ2v) is 8.35. The summed E-state index contributed by atoms with van der Waals surface area (Å²) in [5.41, 5.74) is -0.494. The second kappa shape index (κ2) is 12.6. The van der Waals surface area contributed by atoms with E-state index in [1.807, 2.05) is 6.92 Å². The lowest BCUT2D eigenvalue weighted by atomic mass is 9.94. The van der Waals surface area contributed by atoms with Gasteiger partial charge in [0, 0.05) is 37.5 Å². The van der Waals surface area contributed by atoms with E-state index in [0.717, 1.165) is 23.6 Å². The first kappa shape index (κ1) is 27.3. The zero-order valence-corrected chi connectivity index (χ0v) is 20.3. The number of hydrogen-bond donors (Lipinski definition) is 2. The number of amides is 1. The van der Waals surface area contributed by atoms with Crippen molar-refractivity contribution in [2.75, 3.05) is 19.8 Å². The van der Waals surface area contributed by atoms with Crippen molar-refractivity contribution in [3.8, 4) is 5.88 Å². The highest BCUT2D eigenvalue weighted by Crippen LogP contribution is 2.33. The summed E-state index contributed by atoms with van der Waals surface area (Å²) >= 11 is 0. The monoisotopic (exact) mass is 508 g/mol. The Hall–Kier alpha value is -3.34. The van der Waals surface area contributed by atoms with Gasteiger partial charge in [0.25, 0.3) is 5.91 Å². The molecule has 1 aliphatic carbocycles. The Bertz CT molecular complexity index is 1060. The molecule has 2 aliphatic rings. The summed E-state index contributed by atoms with van der Waals surface area (Å²) in [5.74, 6) is -0.403. The van der Waals surface area contributed by atoms with Gasteiger partial charge in [-0.1, -0.05) is 6.08 Å². The number of nitrogens with one attached hydrogen (secondary N) is 2. The quantitative estimate of drug-likeness (QED) is 0.490. The van der Waals surface area contributed by atoms with Crippen LogP contribution in [0.5, 0.6) is 5.88 Å². The minimum atomic E-state index is -4.63. The van der Waals surface area contributed by atoms with Crippen molar-refractivity contribution in [3.05, 3.63) is 53.9 Å². The van der Waals surface area contributed by atoms with E-state index in [9.17, 15) is 22.8 Å². The Balaban J connectivity index is 1.63. The number of hydrogen-bond acceptors (Lipinski definition) is 6. The highest BCUT2D eigenvalue weighted by atomic mass is 19.4. The van der Waals surface area contributed by atoms with Gasteiger partial charge in [-0.05, 0) is 63.3 Å². The Morgan fingerprint density at radius 3 is 2.72 bits per heavy atom. The third kappa shape index (κ3) is 7.58. The molecule has 0 spiro atoms. The molecule has 0 fully saturated rings. The van der Waals surface area contributed by atoms with Crippen molar-refractivity contribution in [2.24, 2.45) is 5.92 Å². The molecule has 0 aromatic carbocycles. The fraction of sp³-hybridized carbons (Fsp3) is 0.480. The number of dihydropyridines is 1. The lowest BCUT2D eigenvalue weighted by Crippen LogP contribution is -2.43. The molecule has 0 bridgehead atoms. The second-order valence-electron chi connectivity index (χ2n) is 8.35. The normalized spacial score (nSPS) is 22.9. The number of carbonyl (C=O) groups excluding carboxylic acids is 2. The maximum Gasteiger partial charge on any atom is 0.433 e. The van der Waals surface area contributed by atoms with Crippen LogP contribution >= 0.6 is 0 Å². The molecule has 0 saturated carbocycles. The standard InChI is InChI=1S/C25H31F3N4O4/c1-3-35-13-12-17-6-5-7-18(8-10-20(33)14-17)24(34)30-22-11-9-19(16-29-22)32-21(25(26,27)28)15-23(31-32)36-4-2/h7-11,15-17,22,29H,3-6,12-14H2,1-2H3,(H,30,34)/b10-8-,18-7+. The summed E-state index contributed by atoms with van der Waals surface area (Å²) in [7, 11) is 0. The highest BCUT2D eigenvalue weighted by Gasteiger charge is 2.37. The SMILES string of the molecule is CCOCCC1CC/C=C(C(=O)NC2C=CC(n3nc(OCC)cc3C(F)(F)F)=CN2)\C=C/C(=O)C1. The number of nitrogens with zero attached hydrogens (tertiary/aromatic N) is 2. The first-order valence-corrected chi connectivity index (χ1v) is 12.0. The fourth-order valence-electron chi connectivity index (χ4n) is 3.89. The van der Waals surface area contributed by atoms with Crippen LogP contribution in [0.25, 0.3) is 5.70 Å². The summed E-state index contributed by atoms with van der Waals surface area (Å²) in [6, 6.07) is 0.838. The summed E-state index contributed by atoms with van der Waals surface area (Å²) in [4.78, 5) is 25.1. The molecule has 11 heteroatoms. The van der Waals surface area contributed by atoms with Crippen LogP contribution in [0.2, 0.25) is 0 Å². The van der Waals surface area contributed by atoms with Gasteiger partial charge in [-0.2, -0.15) is 13.2 Å². The fourth-order valence-corrected chi connectivity index (χ4v) is 3.89. The lowest BCUT2D eigenvalue weighted by molar-refractivity contribution is -0.142. The molecule has 1 amide bonds. The first-order valence-electron chi connectivity index (χ1n) is 12.0. The van der Waals surface area contributed by atoms with E-state index < -0.39 is 23.9 Å². The van der Waals surface area contributed by atoms with Crippen LogP contribution in [0.15, 0.2) is 48.2 Å². The lowest BCUT2D eigenvalue weighted by Gasteiger charge is -2.21. The number of ketones is 1. The zero-order chi connectivity index (χ0) is 26.1. The van der Waals surface area contributed by atoms with E-state index in [1.165, 1.54) is 30.5 Å². The van der Waals surface area contributed by atoms with E-state index in [4.69, 9.17) is 9.47 Å². The molecule has 196 valence electrons. The van der Waals surface area contributed by atoms with E-state index in [1.54, 1.807) is 13.0 Å². The van der Waals surface area contributed by atoms with Crippen LogP contribution in [0.4, 0.5) is 13.2 Å². The summed E-state index contributed by atoms with van der Waals surface area (Å²) in [6.45, 7) is 4.98. The highest BCUT2D eigenvalue weighted by molar-refractivity contribution is 5.99. The third-order valence-corrected chi connectivity index (χ3v) is 5.69. The number of allylic oxidation sites excluding steroid dienone is 4. The van der Waals surface area contributed by atoms with Gasteiger partial charge in [0.1, 0.15) is 6.17 Å². The van der Waals surface area contributed by atoms with Crippen LogP contribution in [-0.4, -0.2) is 47.5 Å². The van der Waals surface area contributed by atoms with Gasteiger partial charge in [-0.25, -0.2) is 4.68 Å². The molecule has 36 heavy (non-hydrogen) atoms. The van der Waals surface area contributed by atoms with Crippen LogP contribution in [0.3, 0.4) is 0 Å². The van der Waals surface area contributed by atoms with Gasteiger partial charge in [0.05, 0.1) is 12.3 Å². The van der Waals surface area contributed by atoms with Crippen LogP contribution in [0, 0.1) is 5.92 Å². The molecule has 8 nitrogen and oxygen atoms in total. The molecule has 1 aromatic rings. The molecule has 0 saturated heterocycles. The molecule has 2 N–H and O–H groups in total. The smallest absolute Gasteiger partial charge is 0.433 e. The van der Waals surface area contributed by atoms with E-state index in [2.05, 4.69) is 15.7 Å². The Labute approximate surface area is 207 Å².